The molecule has 2 saturated carbocycles. The van der Waals surface area contributed by atoms with Gasteiger partial charge in [0.25, 0.3) is 5.56 Å². The van der Waals surface area contributed by atoms with Crippen molar-refractivity contribution in [2.45, 2.75) is 69.1 Å². The molecule has 0 spiro atoms. The molecule has 1 atom stereocenters. The van der Waals surface area contributed by atoms with Crippen LogP contribution in [0.3, 0.4) is 0 Å². The van der Waals surface area contributed by atoms with E-state index in [0.717, 1.165) is 34.7 Å². The maximum absolute atomic E-state index is 14.0. The fraction of sp³-hybridized carbons (Fsp3) is 0.448. The molecule has 2 fully saturated rings. The van der Waals surface area contributed by atoms with Crippen LogP contribution in [-0.2, 0) is 25.2 Å². The predicted molar refractivity (Wildman–Crippen MR) is 142 cm³/mol. The van der Waals surface area contributed by atoms with Crippen LogP contribution < -0.4 is 10.9 Å². The Hall–Kier alpha value is -3.67. The first-order valence-electron chi connectivity index (χ1n) is 13.5. The zero-order chi connectivity index (χ0) is 29.2. The van der Waals surface area contributed by atoms with E-state index in [0.29, 0.717) is 11.5 Å². The van der Waals surface area contributed by atoms with E-state index in [1.807, 2.05) is 29.8 Å². The highest BCUT2D eigenvalue weighted by Gasteiger charge is 2.48. The highest BCUT2D eigenvalue weighted by atomic mass is 19.4. The molecule has 2 aliphatic carbocycles. The molecule has 0 bridgehead atoms. The van der Waals surface area contributed by atoms with Gasteiger partial charge in [0.05, 0.1) is 16.5 Å². The molecule has 3 heterocycles. The van der Waals surface area contributed by atoms with Gasteiger partial charge in [0, 0.05) is 44.9 Å². The van der Waals surface area contributed by atoms with Crippen molar-refractivity contribution >= 4 is 5.65 Å². The lowest BCUT2D eigenvalue weighted by molar-refractivity contribution is -0.136. The van der Waals surface area contributed by atoms with Crippen molar-refractivity contribution in [1.82, 2.24) is 29.5 Å². The summed E-state index contributed by atoms with van der Waals surface area (Å²) in [4.78, 5) is 17.8. The van der Waals surface area contributed by atoms with E-state index in [1.54, 1.807) is 12.4 Å². The van der Waals surface area contributed by atoms with E-state index in [4.69, 9.17) is 0 Å². The number of hydrogen-bond donors (Lipinski definition) is 1. The second-order valence-electron chi connectivity index (χ2n) is 11.5. The van der Waals surface area contributed by atoms with Crippen LogP contribution in [-0.4, -0.2) is 36.1 Å². The van der Waals surface area contributed by atoms with E-state index in [-0.39, 0.29) is 42.3 Å². The maximum Gasteiger partial charge on any atom is 0.419 e. The fourth-order valence-electron chi connectivity index (χ4n) is 6.51. The monoisotopic (exact) mass is 572 g/mol. The van der Waals surface area contributed by atoms with Crippen LogP contribution in [0.15, 0.2) is 53.8 Å². The lowest BCUT2D eigenvalue weighted by Crippen LogP contribution is -2.43. The van der Waals surface area contributed by atoms with Gasteiger partial charge >= 0.3 is 6.18 Å². The Morgan fingerprint density at radius 1 is 1.15 bits per heavy atom. The molecule has 0 radical (unpaired) electrons. The topological polar surface area (TPSA) is 77.1 Å². The van der Waals surface area contributed by atoms with Crippen molar-refractivity contribution in [2.24, 2.45) is 13.0 Å². The molecule has 216 valence electrons. The molecule has 41 heavy (non-hydrogen) atoms. The molecule has 6 rings (SSSR count). The number of hydrogen-bond acceptors (Lipinski definition) is 5. The number of benzene rings is 1. The summed E-state index contributed by atoms with van der Waals surface area (Å²) in [5, 5.41) is 11.3. The molecule has 0 saturated heterocycles. The van der Waals surface area contributed by atoms with Crippen LogP contribution in [0.4, 0.5) is 22.0 Å². The summed E-state index contributed by atoms with van der Waals surface area (Å²) in [5.41, 5.74) is -0.838. The van der Waals surface area contributed by atoms with Crippen LogP contribution >= 0.6 is 0 Å². The molecule has 0 aliphatic heterocycles. The second kappa shape index (κ2) is 9.71. The maximum atomic E-state index is 14.0. The first kappa shape index (κ1) is 27.5. The molecule has 1 unspecified atom stereocenters. The lowest BCUT2D eigenvalue weighted by Gasteiger charge is -2.46. The van der Waals surface area contributed by atoms with Gasteiger partial charge in [-0.2, -0.15) is 13.2 Å². The molecular weight excluding hydrogens is 543 g/mol. The van der Waals surface area contributed by atoms with Crippen LogP contribution in [0.25, 0.3) is 16.8 Å². The van der Waals surface area contributed by atoms with Crippen LogP contribution in [0, 0.1) is 5.92 Å². The zero-order valence-corrected chi connectivity index (χ0v) is 22.6. The largest absolute Gasteiger partial charge is 0.419 e. The molecule has 12 heteroatoms. The molecule has 4 aromatic rings. The summed E-state index contributed by atoms with van der Waals surface area (Å²) in [5.74, 6) is -1.51. The van der Waals surface area contributed by atoms with Gasteiger partial charge in [-0.3, -0.25) is 9.20 Å². The number of rotatable bonds is 6. The normalized spacial score (nSPS) is 24.1. The zero-order valence-electron chi connectivity index (χ0n) is 22.6. The average Bonchev–Trinajstić information content (AvgIpc) is 3.49. The van der Waals surface area contributed by atoms with Crippen molar-refractivity contribution in [3.8, 4) is 11.1 Å². The van der Waals surface area contributed by atoms with Gasteiger partial charge in [-0.1, -0.05) is 25.1 Å². The highest BCUT2D eigenvalue weighted by Crippen LogP contribution is 2.51. The van der Waals surface area contributed by atoms with Crippen LogP contribution in [0.2, 0.25) is 0 Å². The standard InChI is InChI=1S/C29H29F5N6O/c1-17-10-27(11-17,26-38-37-16-39(26)2)20-5-3-4-19(9-20)22-14-36-24-23(29(32,33)34)8-18(15-40(24)25(22)41)13-35-21-6-7-28(30,31)12-21/h3-5,8-9,14-17,21,35H,6-7,10-13H2,1-2H3. The molecule has 1 N–H and O–H groups in total. The fourth-order valence-corrected chi connectivity index (χ4v) is 6.51. The number of aryl methyl sites for hydroxylation is 1. The van der Waals surface area contributed by atoms with E-state index in [9.17, 15) is 26.7 Å². The Morgan fingerprint density at radius 3 is 2.56 bits per heavy atom. The summed E-state index contributed by atoms with van der Waals surface area (Å²) in [7, 11) is 1.88. The number of alkyl halides is 5. The molecule has 1 aromatic carbocycles. The van der Waals surface area contributed by atoms with Gasteiger partial charge < -0.3 is 9.88 Å². The quantitative estimate of drug-likeness (QED) is 0.309. The molecule has 3 aromatic heterocycles. The minimum atomic E-state index is -4.77. The number of aromatic nitrogens is 5. The van der Waals surface area contributed by atoms with Gasteiger partial charge in [0.2, 0.25) is 5.92 Å². The van der Waals surface area contributed by atoms with Crippen LogP contribution in [0.1, 0.15) is 61.5 Å². The first-order valence-corrected chi connectivity index (χ1v) is 13.5. The smallest absolute Gasteiger partial charge is 0.320 e. The summed E-state index contributed by atoms with van der Waals surface area (Å²) >= 11 is 0. The van der Waals surface area contributed by atoms with Gasteiger partial charge in [-0.15, -0.1) is 10.2 Å². The van der Waals surface area contributed by atoms with Gasteiger partial charge in [0.15, 0.2) is 5.65 Å². The number of fused-ring (bicyclic) bond motifs is 1. The Kier molecular flexibility index (Phi) is 6.51. The second-order valence-corrected chi connectivity index (χ2v) is 11.5. The Morgan fingerprint density at radius 2 is 1.93 bits per heavy atom. The molecule has 0 amide bonds. The predicted octanol–water partition coefficient (Wildman–Crippen LogP) is 5.50. The summed E-state index contributed by atoms with van der Waals surface area (Å²) in [6.07, 6.45) is 0.640. The Bertz CT molecular complexity index is 1670. The highest BCUT2D eigenvalue weighted by molar-refractivity contribution is 5.66. The third-order valence-electron chi connectivity index (χ3n) is 8.42. The van der Waals surface area contributed by atoms with E-state index < -0.39 is 34.9 Å². The Balaban J connectivity index is 1.40. The summed E-state index contributed by atoms with van der Waals surface area (Å²) < 4.78 is 72.1. The van der Waals surface area contributed by atoms with Gasteiger partial charge in [0.1, 0.15) is 12.2 Å². The summed E-state index contributed by atoms with van der Waals surface area (Å²) in [6, 6.07) is 7.80. The molecular formula is C29H29F5N6O. The number of halogens is 5. The number of nitrogens with one attached hydrogen (secondary N) is 1. The molecule has 7 nitrogen and oxygen atoms in total. The van der Waals surface area contributed by atoms with Crippen molar-refractivity contribution < 1.29 is 22.0 Å². The third-order valence-corrected chi connectivity index (χ3v) is 8.42. The van der Waals surface area contributed by atoms with E-state index in [1.165, 1.54) is 12.4 Å². The summed E-state index contributed by atoms with van der Waals surface area (Å²) in [6.45, 7) is 2.06. The van der Waals surface area contributed by atoms with Crippen molar-refractivity contribution in [2.75, 3.05) is 0 Å². The van der Waals surface area contributed by atoms with Crippen LogP contribution in [0.5, 0.6) is 0 Å². The average molecular weight is 573 g/mol. The number of pyridine rings is 1. The van der Waals surface area contributed by atoms with Crippen molar-refractivity contribution in [1.29, 1.82) is 0 Å². The van der Waals surface area contributed by atoms with E-state index >= 15 is 0 Å². The minimum absolute atomic E-state index is 0.0929. The minimum Gasteiger partial charge on any atom is -0.320 e. The molecule has 2 aliphatic rings. The van der Waals surface area contributed by atoms with Gasteiger partial charge in [-0.25, -0.2) is 13.8 Å². The SMILES string of the molecule is CC1CC(c2cccc(-c3cnc4c(C(F)(F)F)cc(CNC5CCC(F)(F)C5)cn4c3=O)c2)(c2nncn2C)C1. The van der Waals surface area contributed by atoms with Crippen molar-refractivity contribution in [3.63, 3.8) is 0 Å². The van der Waals surface area contributed by atoms with Gasteiger partial charge in [-0.05, 0) is 54.0 Å². The number of nitrogens with zero attached hydrogens (tertiary/aromatic N) is 5. The van der Waals surface area contributed by atoms with Crippen molar-refractivity contribution in [3.05, 3.63) is 81.9 Å². The third kappa shape index (κ3) is 4.92. The lowest BCUT2D eigenvalue weighted by atomic mass is 9.58. The Labute approximate surface area is 232 Å². The van der Waals surface area contributed by atoms with E-state index in [2.05, 4.69) is 27.4 Å². The first-order chi connectivity index (χ1) is 19.4.